The van der Waals surface area contributed by atoms with Gasteiger partial charge in [0.05, 0.1) is 25.6 Å². The molecule has 3 nitrogen and oxygen atoms in total. The summed E-state index contributed by atoms with van der Waals surface area (Å²) in [6.07, 6.45) is 5.46. The van der Waals surface area contributed by atoms with Gasteiger partial charge in [-0.25, -0.2) is 0 Å². The van der Waals surface area contributed by atoms with Gasteiger partial charge in [0.2, 0.25) is 0 Å². The molecule has 2 aliphatic rings. The van der Waals surface area contributed by atoms with Crippen LogP contribution in [0.1, 0.15) is 0 Å². The maximum absolute atomic E-state index is 5.10. The summed E-state index contributed by atoms with van der Waals surface area (Å²) in [4.78, 5) is 8.23. The molecule has 0 fully saturated rings. The number of ether oxygens (including phenoxy) is 1. The average molecular weight is 148 g/mol. The van der Waals surface area contributed by atoms with Gasteiger partial charge in [-0.15, -0.1) is 0 Å². The highest BCUT2D eigenvalue weighted by Crippen LogP contribution is 2.17. The molecule has 3 heteroatoms. The fourth-order valence-electron chi connectivity index (χ4n) is 1.17. The number of fused-ring (bicyclic) bond motifs is 1. The van der Waals surface area contributed by atoms with E-state index in [0.717, 1.165) is 17.0 Å². The van der Waals surface area contributed by atoms with Crippen LogP contribution in [0, 0.1) is 0 Å². The topological polar surface area (TPSA) is 34.0 Å². The van der Waals surface area contributed by atoms with Gasteiger partial charge in [0.1, 0.15) is 5.76 Å². The molecule has 0 radical (unpaired) electrons. The molecule has 0 spiro atoms. The summed E-state index contributed by atoms with van der Waals surface area (Å²) < 4.78 is 5.10. The lowest BCUT2D eigenvalue weighted by Gasteiger charge is -2.09. The number of hydrogen-bond donors (Lipinski definition) is 0. The lowest BCUT2D eigenvalue weighted by atomic mass is 10.1. The summed E-state index contributed by atoms with van der Waals surface area (Å²) in [6, 6.07) is 0. The highest BCUT2D eigenvalue weighted by atomic mass is 16.5. The van der Waals surface area contributed by atoms with Crippen LogP contribution in [0.5, 0.6) is 0 Å². The van der Waals surface area contributed by atoms with Crippen LogP contribution >= 0.6 is 0 Å². The van der Waals surface area contributed by atoms with Gasteiger partial charge in [0, 0.05) is 11.8 Å². The zero-order valence-electron chi connectivity index (χ0n) is 6.24. The third-order valence-electron chi connectivity index (χ3n) is 1.72. The fourth-order valence-corrected chi connectivity index (χ4v) is 1.17. The zero-order chi connectivity index (χ0) is 7.68. The summed E-state index contributed by atoms with van der Waals surface area (Å²) in [5.74, 6) is 0.809. The van der Waals surface area contributed by atoms with Crippen molar-refractivity contribution in [2.75, 3.05) is 13.7 Å². The third-order valence-corrected chi connectivity index (χ3v) is 1.72. The second-order valence-corrected chi connectivity index (χ2v) is 2.34. The van der Waals surface area contributed by atoms with E-state index in [9.17, 15) is 0 Å². The van der Waals surface area contributed by atoms with Crippen molar-refractivity contribution in [3.63, 3.8) is 0 Å². The van der Waals surface area contributed by atoms with Crippen molar-refractivity contribution < 1.29 is 4.74 Å². The number of rotatable bonds is 1. The molecular formula is C8H8N2O. The molecule has 0 amide bonds. The zero-order valence-corrected chi connectivity index (χ0v) is 6.24. The first-order chi connectivity index (χ1) is 5.42. The highest BCUT2D eigenvalue weighted by Gasteiger charge is 2.16. The first-order valence-electron chi connectivity index (χ1n) is 3.43. The standard InChI is InChI=1S/C8H8N2O/c1-11-8-5-9-4-7-6(8)2-3-10-7/h2-3,5H,4H2,1H3. The molecule has 0 unspecified atom stereocenters. The molecule has 0 saturated carbocycles. The molecule has 2 heterocycles. The van der Waals surface area contributed by atoms with E-state index in [2.05, 4.69) is 9.98 Å². The Morgan fingerprint density at radius 3 is 3.27 bits per heavy atom. The highest BCUT2D eigenvalue weighted by molar-refractivity contribution is 6.12. The second kappa shape index (κ2) is 2.34. The van der Waals surface area contributed by atoms with Crippen molar-refractivity contribution in [3.05, 3.63) is 23.6 Å². The molecule has 0 aliphatic carbocycles. The maximum Gasteiger partial charge on any atom is 0.145 e. The summed E-state index contributed by atoms with van der Waals surface area (Å²) in [5.41, 5.74) is 2.08. The molecule has 0 aromatic heterocycles. The minimum absolute atomic E-state index is 0.676. The molecule has 0 saturated heterocycles. The van der Waals surface area contributed by atoms with Gasteiger partial charge in [-0.1, -0.05) is 0 Å². The molecule has 0 bridgehead atoms. The molecule has 0 N–H and O–H groups in total. The fraction of sp³-hybridized carbons (Fsp3) is 0.250. The normalized spacial score (nSPS) is 20.3. The van der Waals surface area contributed by atoms with E-state index in [1.165, 1.54) is 0 Å². The predicted octanol–water partition coefficient (Wildman–Crippen LogP) is 0.940. The van der Waals surface area contributed by atoms with Crippen LogP contribution in [-0.4, -0.2) is 25.6 Å². The number of nitrogens with zero attached hydrogens (tertiary/aromatic N) is 2. The van der Waals surface area contributed by atoms with E-state index < -0.39 is 0 Å². The Hall–Kier alpha value is -1.38. The van der Waals surface area contributed by atoms with E-state index >= 15 is 0 Å². The van der Waals surface area contributed by atoms with Crippen LogP contribution in [0.4, 0.5) is 0 Å². The molecule has 0 atom stereocenters. The summed E-state index contributed by atoms with van der Waals surface area (Å²) in [6.45, 7) is 0.676. The minimum atomic E-state index is 0.676. The van der Waals surface area contributed by atoms with Gasteiger partial charge in [0.25, 0.3) is 0 Å². The smallest absolute Gasteiger partial charge is 0.145 e. The number of aliphatic imine (C=N–C) groups is 2. The number of allylic oxidation sites excluding steroid dienone is 2. The van der Waals surface area contributed by atoms with Crippen molar-refractivity contribution in [2.45, 2.75) is 0 Å². The summed E-state index contributed by atoms with van der Waals surface area (Å²) >= 11 is 0. The Morgan fingerprint density at radius 2 is 2.45 bits per heavy atom. The SMILES string of the molecule is COC1=C2C=CN=C2CN=C1. The monoisotopic (exact) mass is 148 g/mol. The predicted molar refractivity (Wildman–Crippen MR) is 44.0 cm³/mol. The van der Waals surface area contributed by atoms with Crippen LogP contribution in [0.2, 0.25) is 0 Å². The van der Waals surface area contributed by atoms with Crippen LogP contribution in [0.3, 0.4) is 0 Å². The maximum atomic E-state index is 5.10. The molecule has 56 valence electrons. The van der Waals surface area contributed by atoms with Crippen LogP contribution in [-0.2, 0) is 4.74 Å². The van der Waals surface area contributed by atoms with Gasteiger partial charge in [-0.2, -0.15) is 0 Å². The summed E-state index contributed by atoms with van der Waals surface area (Å²) in [7, 11) is 1.64. The number of hydrogen-bond acceptors (Lipinski definition) is 3. The van der Waals surface area contributed by atoms with Gasteiger partial charge < -0.3 is 4.74 Å². The summed E-state index contributed by atoms with van der Waals surface area (Å²) in [5, 5.41) is 0. The van der Waals surface area contributed by atoms with E-state index in [1.807, 2.05) is 6.08 Å². The van der Waals surface area contributed by atoms with Crippen molar-refractivity contribution in [3.8, 4) is 0 Å². The molecule has 0 aromatic rings. The molecule has 2 rings (SSSR count). The van der Waals surface area contributed by atoms with Crippen molar-refractivity contribution in [1.82, 2.24) is 0 Å². The Balaban J connectivity index is 2.46. The average Bonchev–Trinajstić information content (AvgIpc) is 2.50. The van der Waals surface area contributed by atoms with Gasteiger partial charge in [-0.05, 0) is 6.08 Å². The lowest BCUT2D eigenvalue weighted by Crippen LogP contribution is -2.12. The lowest BCUT2D eigenvalue weighted by molar-refractivity contribution is 0.315. The quantitative estimate of drug-likeness (QED) is 0.544. The van der Waals surface area contributed by atoms with Crippen molar-refractivity contribution >= 4 is 11.9 Å². The third kappa shape index (κ3) is 0.888. The largest absolute Gasteiger partial charge is 0.494 e. The second-order valence-electron chi connectivity index (χ2n) is 2.34. The Kier molecular flexibility index (Phi) is 1.35. The van der Waals surface area contributed by atoms with E-state index in [0.29, 0.717) is 6.54 Å². The molecular weight excluding hydrogens is 140 g/mol. The first-order valence-corrected chi connectivity index (χ1v) is 3.43. The van der Waals surface area contributed by atoms with Crippen LogP contribution < -0.4 is 0 Å². The minimum Gasteiger partial charge on any atom is -0.494 e. The number of methoxy groups -OCH3 is 1. The van der Waals surface area contributed by atoms with E-state index in [-0.39, 0.29) is 0 Å². The first kappa shape index (κ1) is 6.34. The van der Waals surface area contributed by atoms with Gasteiger partial charge >= 0.3 is 0 Å². The Morgan fingerprint density at radius 1 is 1.55 bits per heavy atom. The van der Waals surface area contributed by atoms with Crippen molar-refractivity contribution in [2.24, 2.45) is 9.98 Å². The molecule has 2 aliphatic heterocycles. The van der Waals surface area contributed by atoms with Crippen LogP contribution in [0.15, 0.2) is 33.6 Å². The Labute approximate surface area is 64.8 Å². The molecule has 11 heavy (non-hydrogen) atoms. The van der Waals surface area contributed by atoms with Crippen LogP contribution in [0.25, 0.3) is 0 Å². The van der Waals surface area contributed by atoms with Gasteiger partial charge in [0.15, 0.2) is 0 Å². The Bertz CT molecular complexity index is 297. The van der Waals surface area contributed by atoms with Crippen molar-refractivity contribution in [1.29, 1.82) is 0 Å². The van der Waals surface area contributed by atoms with Gasteiger partial charge in [-0.3, -0.25) is 9.98 Å². The van der Waals surface area contributed by atoms with E-state index in [4.69, 9.17) is 4.74 Å². The molecule has 0 aromatic carbocycles. The van der Waals surface area contributed by atoms with E-state index in [1.54, 1.807) is 19.5 Å². The number of dihydropyridines is 1.